The smallest absolute Gasteiger partial charge is 0.433 e. The van der Waals surface area contributed by atoms with Crippen molar-refractivity contribution in [1.82, 2.24) is 9.88 Å². The molecule has 1 aromatic heterocycles. The Morgan fingerprint density at radius 2 is 1.86 bits per heavy atom. The lowest BCUT2D eigenvalue weighted by molar-refractivity contribution is -0.141. The molecule has 1 aromatic carbocycles. The molecule has 1 unspecified atom stereocenters. The van der Waals surface area contributed by atoms with Crippen molar-refractivity contribution in [2.75, 3.05) is 18.4 Å². The summed E-state index contributed by atoms with van der Waals surface area (Å²) >= 11 is 5.79. The van der Waals surface area contributed by atoms with Gasteiger partial charge in [0.2, 0.25) is 0 Å². The largest absolute Gasteiger partial charge is 0.484 e. The number of amides is 2. The number of pyridine rings is 1. The van der Waals surface area contributed by atoms with Crippen LogP contribution in [0.3, 0.4) is 0 Å². The molecule has 1 aliphatic rings. The molecule has 0 spiro atoms. The van der Waals surface area contributed by atoms with Gasteiger partial charge in [0, 0.05) is 23.8 Å². The molecule has 0 radical (unpaired) electrons. The zero-order valence-electron chi connectivity index (χ0n) is 15.1. The zero-order valence-corrected chi connectivity index (χ0v) is 15.8. The van der Waals surface area contributed by atoms with E-state index in [2.05, 4.69) is 10.3 Å². The van der Waals surface area contributed by atoms with Crippen LogP contribution in [0.25, 0.3) is 0 Å². The van der Waals surface area contributed by atoms with Crippen molar-refractivity contribution in [3.05, 3.63) is 52.8 Å². The number of rotatable bonds is 4. The molecule has 1 N–H and O–H groups in total. The van der Waals surface area contributed by atoms with Gasteiger partial charge >= 0.3 is 12.2 Å². The third-order valence-corrected chi connectivity index (χ3v) is 4.55. The molecule has 3 rings (SSSR count). The number of alkyl halides is 3. The molecule has 0 bridgehead atoms. The van der Waals surface area contributed by atoms with Crippen LogP contribution in [0.1, 0.15) is 37.3 Å². The predicted molar refractivity (Wildman–Crippen MR) is 99.6 cm³/mol. The van der Waals surface area contributed by atoms with E-state index >= 15 is 0 Å². The van der Waals surface area contributed by atoms with Crippen LogP contribution in [0.15, 0.2) is 36.4 Å². The van der Waals surface area contributed by atoms with Gasteiger partial charge in [-0.15, -0.1) is 0 Å². The van der Waals surface area contributed by atoms with E-state index in [-0.39, 0.29) is 16.7 Å². The van der Waals surface area contributed by atoms with Gasteiger partial charge in [-0.2, -0.15) is 13.2 Å². The maximum Gasteiger partial charge on any atom is 0.433 e. The molecular formula is C19H19ClF3N3O2. The molecule has 0 aliphatic carbocycles. The Labute approximate surface area is 165 Å². The molecule has 28 heavy (non-hydrogen) atoms. The first kappa shape index (κ1) is 20.3. The Bertz CT molecular complexity index is 837. The summed E-state index contributed by atoms with van der Waals surface area (Å²) < 4.78 is 44.4. The minimum atomic E-state index is -4.59. The van der Waals surface area contributed by atoms with E-state index in [1.807, 2.05) is 0 Å². The quantitative estimate of drug-likeness (QED) is 0.717. The fourth-order valence-electron chi connectivity index (χ4n) is 2.87. The molecule has 0 saturated carbocycles. The lowest BCUT2D eigenvalue weighted by Gasteiger charge is -2.18. The van der Waals surface area contributed by atoms with E-state index in [1.165, 1.54) is 6.07 Å². The van der Waals surface area contributed by atoms with Gasteiger partial charge in [-0.25, -0.2) is 9.78 Å². The Balaban J connectivity index is 1.65. The van der Waals surface area contributed by atoms with Crippen LogP contribution < -0.4 is 10.1 Å². The van der Waals surface area contributed by atoms with E-state index in [4.69, 9.17) is 16.3 Å². The highest BCUT2D eigenvalue weighted by molar-refractivity contribution is 6.30. The first-order chi connectivity index (χ1) is 13.2. The number of benzene rings is 1. The number of nitrogens with one attached hydrogen (secondary N) is 1. The standard InChI is InChI=1S/C19H19ClF3N3O2/c1-12(16-10-13(20)11-17(25-16)19(21,22)23)28-15-6-4-14(5-7-15)24-18(27)26-8-2-3-9-26/h4-7,10-12H,2-3,8-9H2,1H3,(H,24,27). The number of halogens is 4. The highest BCUT2D eigenvalue weighted by Gasteiger charge is 2.33. The van der Waals surface area contributed by atoms with E-state index < -0.39 is 18.0 Å². The molecule has 2 amide bonds. The highest BCUT2D eigenvalue weighted by Crippen LogP contribution is 2.32. The van der Waals surface area contributed by atoms with Crippen molar-refractivity contribution < 1.29 is 22.7 Å². The number of nitrogens with zero attached hydrogens (tertiary/aromatic N) is 2. The van der Waals surface area contributed by atoms with E-state index in [1.54, 1.807) is 36.1 Å². The Morgan fingerprint density at radius 3 is 2.46 bits per heavy atom. The number of hydrogen-bond donors (Lipinski definition) is 1. The van der Waals surface area contributed by atoms with Gasteiger partial charge in [0.15, 0.2) is 0 Å². The van der Waals surface area contributed by atoms with Crippen molar-refractivity contribution in [2.24, 2.45) is 0 Å². The van der Waals surface area contributed by atoms with Crippen LogP contribution >= 0.6 is 11.6 Å². The van der Waals surface area contributed by atoms with Crippen molar-refractivity contribution in [1.29, 1.82) is 0 Å². The minimum Gasteiger partial charge on any atom is -0.484 e. The fourth-order valence-corrected chi connectivity index (χ4v) is 3.09. The van der Waals surface area contributed by atoms with Crippen LogP contribution in [0.2, 0.25) is 5.02 Å². The summed E-state index contributed by atoms with van der Waals surface area (Å²) in [6, 6.07) is 8.56. The van der Waals surface area contributed by atoms with Crippen LogP contribution in [-0.4, -0.2) is 29.0 Å². The Hall–Kier alpha value is -2.48. The summed E-state index contributed by atoms with van der Waals surface area (Å²) in [5.74, 6) is 0.432. The second-order valence-electron chi connectivity index (χ2n) is 6.50. The van der Waals surface area contributed by atoms with Gasteiger partial charge in [0.1, 0.15) is 17.5 Å². The summed E-state index contributed by atoms with van der Waals surface area (Å²) in [6.07, 6.45) is -3.32. The Kier molecular flexibility index (Phi) is 5.98. The van der Waals surface area contributed by atoms with Crippen molar-refractivity contribution in [3.8, 4) is 5.75 Å². The van der Waals surface area contributed by atoms with Gasteiger partial charge < -0.3 is 15.0 Å². The van der Waals surface area contributed by atoms with Crippen LogP contribution in [0, 0.1) is 0 Å². The third-order valence-electron chi connectivity index (χ3n) is 4.33. The van der Waals surface area contributed by atoms with E-state index in [0.717, 1.165) is 32.0 Å². The van der Waals surface area contributed by atoms with Crippen molar-refractivity contribution in [3.63, 3.8) is 0 Å². The summed E-state index contributed by atoms with van der Waals surface area (Å²) in [7, 11) is 0. The zero-order chi connectivity index (χ0) is 20.3. The average Bonchev–Trinajstić information content (AvgIpc) is 3.17. The number of aromatic nitrogens is 1. The van der Waals surface area contributed by atoms with Gasteiger partial charge in [-0.3, -0.25) is 0 Å². The topological polar surface area (TPSA) is 54.5 Å². The summed E-state index contributed by atoms with van der Waals surface area (Å²) in [5.41, 5.74) is -0.381. The van der Waals surface area contributed by atoms with Crippen molar-refractivity contribution >= 4 is 23.3 Å². The SMILES string of the molecule is CC(Oc1ccc(NC(=O)N2CCCC2)cc1)c1cc(Cl)cc(C(F)(F)F)n1. The summed E-state index contributed by atoms with van der Waals surface area (Å²) in [6.45, 7) is 3.08. The van der Waals surface area contributed by atoms with E-state index in [9.17, 15) is 18.0 Å². The molecule has 2 heterocycles. The second-order valence-corrected chi connectivity index (χ2v) is 6.94. The number of hydrogen-bond acceptors (Lipinski definition) is 3. The molecule has 2 aromatic rings. The number of carbonyl (C=O) groups is 1. The minimum absolute atomic E-state index is 0.0623. The maximum atomic E-state index is 12.9. The lowest BCUT2D eigenvalue weighted by Crippen LogP contribution is -2.32. The van der Waals surface area contributed by atoms with Gasteiger partial charge in [0.05, 0.1) is 5.69 Å². The van der Waals surface area contributed by atoms with Crippen LogP contribution in [0.4, 0.5) is 23.7 Å². The predicted octanol–water partition coefficient (Wildman–Crippen LogP) is 5.52. The monoisotopic (exact) mass is 413 g/mol. The highest BCUT2D eigenvalue weighted by atomic mass is 35.5. The molecule has 1 saturated heterocycles. The number of anilines is 1. The normalized spacial score (nSPS) is 15.4. The summed E-state index contributed by atoms with van der Waals surface area (Å²) in [4.78, 5) is 17.4. The van der Waals surface area contributed by atoms with Crippen LogP contribution in [0.5, 0.6) is 5.75 Å². The molecule has 5 nitrogen and oxygen atoms in total. The van der Waals surface area contributed by atoms with Gasteiger partial charge in [-0.1, -0.05) is 11.6 Å². The van der Waals surface area contributed by atoms with Gasteiger partial charge in [0.25, 0.3) is 0 Å². The van der Waals surface area contributed by atoms with Crippen molar-refractivity contribution in [2.45, 2.75) is 32.0 Å². The fraction of sp³-hybridized carbons (Fsp3) is 0.368. The third kappa shape index (κ3) is 5.07. The molecular weight excluding hydrogens is 395 g/mol. The maximum absolute atomic E-state index is 12.9. The lowest BCUT2D eigenvalue weighted by atomic mass is 10.2. The number of likely N-dealkylation sites (tertiary alicyclic amines) is 1. The first-order valence-electron chi connectivity index (χ1n) is 8.80. The molecule has 9 heteroatoms. The molecule has 150 valence electrons. The number of urea groups is 1. The number of ether oxygens (including phenoxy) is 1. The molecule has 1 atom stereocenters. The van der Waals surface area contributed by atoms with E-state index in [0.29, 0.717) is 11.4 Å². The first-order valence-corrected chi connectivity index (χ1v) is 9.17. The second kappa shape index (κ2) is 8.26. The Morgan fingerprint density at radius 1 is 1.21 bits per heavy atom. The van der Waals surface area contributed by atoms with Gasteiger partial charge in [-0.05, 0) is 56.2 Å². The van der Waals surface area contributed by atoms with Crippen LogP contribution in [-0.2, 0) is 6.18 Å². The average molecular weight is 414 g/mol. The molecule has 1 fully saturated rings. The summed E-state index contributed by atoms with van der Waals surface area (Å²) in [5, 5.41) is 2.74. The number of carbonyl (C=O) groups excluding carboxylic acids is 1. The molecule has 1 aliphatic heterocycles.